The van der Waals surface area contributed by atoms with E-state index in [4.69, 9.17) is 4.74 Å². The summed E-state index contributed by atoms with van der Waals surface area (Å²) in [6.45, 7) is 4.50. The van der Waals surface area contributed by atoms with E-state index in [9.17, 15) is 9.59 Å². The largest absolute Gasteiger partial charge is 0.383 e. The van der Waals surface area contributed by atoms with Crippen LogP contribution >= 0.6 is 0 Å². The van der Waals surface area contributed by atoms with Crippen LogP contribution in [0.25, 0.3) is 0 Å². The molecule has 0 atom stereocenters. The van der Waals surface area contributed by atoms with E-state index in [0.717, 1.165) is 37.9 Å². The minimum Gasteiger partial charge on any atom is -0.383 e. The summed E-state index contributed by atoms with van der Waals surface area (Å²) in [7, 11) is 3.60. The van der Waals surface area contributed by atoms with Gasteiger partial charge in [-0.1, -0.05) is 13.3 Å². The molecule has 1 saturated carbocycles. The predicted octanol–water partition coefficient (Wildman–Crippen LogP) is 2.04. The van der Waals surface area contributed by atoms with Crippen molar-refractivity contribution in [3.05, 3.63) is 24.0 Å². The third-order valence-electron chi connectivity index (χ3n) is 4.67. The van der Waals surface area contributed by atoms with Crippen LogP contribution in [0.1, 0.15) is 38.3 Å². The second-order valence-corrected chi connectivity index (χ2v) is 6.81. The Morgan fingerprint density at radius 2 is 2.04 bits per heavy atom. The Morgan fingerprint density at radius 3 is 2.60 bits per heavy atom. The van der Waals surface area contributed by atoms with E-state index in [1.54, 1.807) is 12.0 Å². The summed E-state index contributed by atoms with van der Waals surface area (Å²) in [6, 6.07) is 4.02. The first-order valence-electron chi connectivity index (χ1n) is 9.22. The number of ether oxygens (including phenoxy) is 1. The average Bonchev–Trinajstić information content (AvgIpc) is 3.38. The van der Waals surface area contributed by atoms with E-state index >= 15 is 0 Å². The lowest BCUT2D eigenvalue weighted by Crippen LogP contribution is -2.44. The van der Waals surface area contributed by atoms with Crippen LogP contribution in [0.4, 0.5) is 0 Å². The molecule has 1 aromatic heterocycles. The van der Waals surface area contributed by atoms with Gasteiger partial charge in [0, 0.05) is 45.1 Å². The first kappa shape index (κ1) is 19.5. The molecule has 0 unspecified atom stereocenters. The maximum absolute atomic E-state index is 12.9. The predicted molar refractivity (Wildman–Crippen MR) is 96.9 cm³/mol. The van der Waals surface area contributed by atoms with E-state index in [2.05, 4.69) is 6.92 Å². The number of carbonyl (C=O) groups excluding carboxylic acids is 2. The highest BCUT2D eigenvalue weighted by atomic mass is 16.5. The van der Waals surface area contributed by atoms with E-state index in [1.165, 1.54) is 0 Å². The van der Waals surface area contributed by atoms with Gasteiger partial charge in [0.15, 0.2) is 0 Å². The van der Waals surface area contributed by atoms with Gasteiger partial charge in [0.05, 0.1) is 19.7 Å². The normalized spacial score (nSPS) is 13.7. The number of methoxy groups -OCH3 is 1. The van der Waals surface area contributed by atoms with E-state index in [-0.39, 0.29) is 24.3 Å². The minimum atomic E-state index is 0.0137. The van der Waals surface area contributed by atoms with Gasteiger partial charge in [-0.25, -0.2) is 0 Å². The molecule has 0 aromatic carbocycles. The lowest BCUT2D eigenvalue weighted by Gasteiger charge is -2.28. The van der Waals surface area contributed by atoms with Crippen LogP contribution in [0, 0.1) is 5.92 Å². The quantitative estimate of drug-likeness (QED) is 0.614. The summed E-state index contributed by atoms with van der Waals surface area (Å²) < 4.78 is 7.14. The van der Waals surface area contributed by atoms with E-state index in [0.29, 0.717) is 19.7 Å². The Balaban J connectivity index is 2.01. The number of rotatable bonds is 11. The summed E-state index contributed by atoms with van der Waals surface area (Å²) in [5, 5.41) is 0. The first-order chi connectivity index (χ1) is 12.1. The number of hydrogen-bond donors (Lipinski definition) is 0. The van der Waals surface area contributed by atoms with Crippen LogP contribution in [0.5, 0.6) is 0 Å². The Kier molecular flexibility index (Phi) is 7.50. The molecule has 140 valence electrons. The Labute approximate surface area is 150 Å². The van der Waals surface area contributed by atoms with E-state index in [1.807, 2.05) is 34.8 Å². The van der Waals surface area contributed by atoms with Crippen molar-refractivity contribution in [1.29, 1.82) is 0 Å². The number of hydrogen-bond acceptors (Lipinski definition) is 3. The molecule has 6 heteroatoms. The number of carbonyl (C=O) groups is 2. The monoisotopic (exact) mass is 349 g/mol. The summed E-state index contributed by atoms with van der Waals surface area (Å²) in [6.07, 6.45) is 5.87. The van der Waals surface area contributed by atoms with Crippen LogP contribution in [-0.4, -0.2) is 59.5 Å². The molecule has 1 fully saturated rings. The highest BCUT2D eigenvalue weighted by Crippen LogP contribution is 2.31. The fourth-order valence-corrected chi connectivity index (χ4v) is 2.82. The zero-order valence-electron chi connectivity index (χ0n) is 15.7. The Bertz CT molecular complexity index is 566. The van der Waals surface area contributed by atoms with Crippen molar-refractivity contribution in [2.75, 3.05) is 33.4 Å². The smallest absolute Gasteiger partial charge is 0.242 e. The van der Waals surface area contributed by atoms with Gasteiger partial charge in [-0.2, -0.15) is 0 Å². The highest BCUT2D eigenvalue weighted by Gasteiger charge is 2.34. The summed E-state index contributed by atoms with van der Waals surface area (Å²) in [4.78, 5) is 28.9. The second-order valence-electron chi connectivity index (χ2n) is 6.81. The summed E-state index contributed by atoms with van der Waals surface area (Å²) in [5.74, 6) is 0.223. The molecule has 1 aliphatic rings. The van der Waals surface area contributed by atoms with Crippen molar-refractivity contribution in [2.24, 2.45) is 13.0 Å². The fourth-order valence-electron chi connectivity index (χ4n) is 2.82. The number of amides is 2. The second kappa shape index (κ2) is 9.61. The number of unbranched alkanes of at least 4 members (excludes halogenated alkanes) is 1. The highest BCUT2D eigenvalue weighted by molar-refractivity contribution is 5.87. The van der Waals surface area contributed by atoms with Gasteiger partial charge in [0.25, 0.3) is 0 Å². The third-order valence-corrected chi connectivity index (χ3v) is 4.67. The molecule has 0 bridgehead atoms. The van der Waals surface area contributed by atoms with Gasteiger partial charge >= 0.3 is 0 Å². The van der Waals surface area contributed by atoms with Gasteiger partial charge in [-0.05, 0) is 31.4 Å². The van der Waals surface area contributed by atoms with Gasteiger partial charge < -0.3 is 19.1 Å². The summed E-state index contributed by atoms with van der Waals surface area (Å²) in [5.41, 5.74) is 1.10. The number of aryl methyl sites for hydroxylation is 1. The minimum absolute atomic E-state index is 0.0137. The molecule has 0 N–H and O–H groups in total. The molecule has 2 amide bonds. The zero-order valence-corrected chi connectivity index (χ0v) is 15.7. The lowest BCUT2D eigenvalue weighted by molar-refractivity contribution is -0.142. The molecular weight excluding hydrogens is 318 g/mol. The lowest BCUT2D eigenvalue weighted by atomic mass is 10.2. The van der Waals surface area contributed by atoms with Crippen molar-refractivity contribution in [3.8, 4) is 0 Å². The molecule has 6 nitrogen and oxygen atoms in total. The standard InChI is InChI=1S/C19H31N3O3/c1-4-5-11-21(14-17-7-6-10-20(17)2)18(23)15-22(12-13-25-3)19(24)16-8-9-16/h6-7,10,16H,4-5,8-9,11-15H2,1-3H3. The van der Waals surface area contributed by atoms with Crippen molar-refractivity contribution >= 4 is 11.8 Å². The third kappa shape index (κ3) is 5.88. The van der Waals surface area contributed by atoms with Crippen LogP contribution in [0.2, 0.25) is 0 Å². The number of aromatic nitrogens is 1. The van der Waals surface area contributed by atoms with Gasteiger partial charge in [-0.3, -0.25) is 9.59 Å². The maximum Gasteiger partial charge on any atom is 0.242 e. The molecule has 0 aliphatic heterocycles. The van der Waals surface area contributed by atoms with Crippen LogP contribution in [0.15, 0.2) is 18.3 Å². The molecular formula is C19H31N3O3. The van der Waals surface area contributed by atoms with Crippen molar-refractivity contribution in [2.45, 2.75) is 39.2 Å². The average molecular weight is 349 g/mol. The maximum atomic E-state index is 12.9. The Morgan fingerprint density at radius 1 is 1.28 bits per heavy atom. The van der Waals surface area contributed by atoms with Gasteiger partial charge in [0.2, 0.25) is 11.8 Å². The molecule has 1 aromatic rings. The summed E-state index contributed by atoms with van der Waals surface area (Å²) >= 11 is 0. The zero-order chi connectivity index (χ0) is 18.2. The van der Waals surface area contributed by atoms with Crippen molar-refractivity contribution in [1.82, 2.24) is 14.4 Å². The van der Waals surface area contributed by atoms with Gasteiger partial charge in [-0.15, -0.1) is 0 Å². The van der Waals surface area contributed by atoms with Crippen LogP contribution in [0.3, 0.4) is 0 Å². The van der Waals surface area contributed by atoms with Crippen LogP contribution in [-0.2, 0) is 27.9 Å². The molecule has 2 rings (SSSR count). The SMILES string of the molecule is CCCCN(Cc1cccn1C)C(=O)CN(CCOC)C(=O)C1CC1. The molecule has 25 heavy (non-hydrogen) atoms. The molecule has 0 saturated heterocycles. The molecule has 0 radical (unpaired) electrons. The van der Waals surface area contributed by atoms with Crippen molar-refractivity contribution < 1.29 is 14.3 Å². The Hall–Kier alpha value is -1.82. The van der Waals surface area contributed by atoms with E-state index < -0.39 is 0 Å². The molecule has 1 heterocycles. The van der Waals surface area contributed by atoms with Crippen molar-refractivity contribution in [3.63, 3.8) is 0 Å². The topological polar surface area (TPSA) is 54.8 Å². The fraction of sp³-hybridized carbons (Fsp3) is 0.684. The van der Waals surface area contributed by atoms with Gasteiger partial charge in [0.1, 0.15) is 0 Å². The molecule has 1 aliphatic carbocycles. The van der Waals surface area contributed by atoms with Crippen LogP contribution < -0.4 is 0 Å². The first-order valence-corrected chi connectivity index (χ1v) is 9.22. The number of nitrogens with zero attached hydrogens (tertiary/aromatic N) is 3. The molecule has 0 spiro atoms.